The fourth-order valence-electron chi connectivity index (χ4n) is 1.15. The average Bonchev–Trinajstić information content (AvgIpc) is 2.28. The number of aliphatic hydroxyl groups is 1. The minimum atomic E-state index is -3.45. The summed E-state index contributed by atoms with van der Waals surface area (Å²) in [4.78, 5) is 9.68. The standard InChI is InChI=1S/C9H10F2N2O3.ClH/c10-9(11,5-14)8(12)6-1-3-7(4-2-6)13(15)16;/h1-4,8,14H,5,12H2;1H/t8-;/m0./s1. The van der Waals surface area contributed by atoms with E-state index in [9.17, 15) is 18.9 Å². The van der Waals surface area contributed by atoms with Crippen LogP contribution in [0, 0.1) is 10.1 Å². The third kappa shape index (κ3) is 3.58. The highest BCUT2D eigenvalue weighted by Gasteiger charge is 2.37. The molecule has 0 unspecified atom stereocenters. The Hall–Kier alpha value is -1.31. The lowest BCUT2D eigenvalue weighted by Crippen LogP contribution is -2.36. The van der Waals surface area contributed by atoms with E-state index in [1.807, 2.05) is 0 Å². The van der Waals surface area contributed by atoms with Gasteiger partial charge in [-0.05, 0) is 5.56 Å². The Morgan fingerprint density at radius 2 is 1.88 bits per heavy atom. The van der Waals surface area contributed by atoms with E-state index in [4.69, 9.17) is 10.8 Å². The van der Waals surface area contributed by atoms with Crippen molar-refractivity contribution in [2.24, 2.45) is 5.73 Å². The number of hydrogen-bond donors (Lipinski definition) is 2. The summed E-state index contributed by atoms with van der Waals surface area (Å²) >= 11 is 0. The Morgan fingerprint density at radius 3 is 2.24 bits per heavy atom. The van der Waals surface area contributed by atoms with Crippen LogP contribution in [-0.4, -0.2) is 22.6 Å². The Labute approximate surface area is 102 Å². The molecule has 0 amide bonds. The van der Waals surface area contributed by atoms with Crippen molar-refractivity contribution in [1.29, 1.82) is 0 Å². The minimum Gasteiger partial charge on any atom is -0.390 e. The zero-order valence-electron chi connectivity index (χ0n) is 8.55. The zero-order valence-corrected chi connectivity index (χ0v) is 9.36. The van der Waals surface area contributed by atoms with Gasteiger partial charge in [0.15, 0.2) is 0 Å². The van der Waals surface area contributed by atoms with Crippen LogP contribution in [0.25, 0.3) is 0 Å². The van der Waals surface area contributed by atoms with Crippen molar-refractivity contribution in [2.45, 2.75) is 12.0 Å². The molecule has 0 bridgehead atoms. The maximum Gasteiger partial charge on any atom is 0.289 e. The van der Waals surface area contributed by atoms with Gasteiger partial charge in [0, 0.05) is 12.1 Å². The van der Waals surface area contributed by atoms with E-state index in [0.717, 1.165) is 24.3 Å². The SMILES string of the molecule is Cl.N[C@@H](c1ccc([N+](=O)[O-])cc1)C(F)(F)CO. The molecule has 5 nitrogen and oxygen atoms in total. The van der Waals surface area contributed by atoms with Crippen LogP contribution in [0.3, 0.4) is 0 Å². The van der Waals surface area contributed by atoms with Gasteiger partial charge >= 0.3 is 0 Å². The molecule has 96 valence electrons. The van der Waals surface area contributed by atoms with E-state index in [-0.39, 0.29) is 23.7 Å². The number of halogens is 3. The number of nitrogens with two attached hydrogens (primary N) is 1. The first-order valence-electron chi connectivity index (χ1n) is 4.37. The second-order valence-electron chi connectivity index (χ2n) is 3.25. The molecule has 1 atom stereocenters. The second kappa shape index (κ2) is 5.85. The number of alkyl halides is 2. The summed E-state index contributed by atoms with van der Waals surface area (Å²) in [6, 6.07) is 2.78. The highest BCUT2D eigenvalue weighted by Crippen LogP contribution is 2.29. The molecule has 0 aliphatic rings. The zero-order chi connectivity index (χ0) is 12.3. The molecule has 0 aliphatic carbocycles. The molecule has 0 aromatic heterocycles. The Bertz CT molecular complexity index is 386. The highest BCUT2D eigenvalue weighted by atomic mass is 35.5. The topological polar surface area (TPSA) is 89.4 Å². The van der Waals surface area contributed by atoms with Gasteiger partial charge in [-0.1, -0.05) is 12.1 Å². The van der Waals surface area contributed by atoms with Gasteiger partial charge in [0.1, 0.15) is 6.61 Å². The monoisotopic (exact) mass is 268 g/mol. The predicted molar refractivity (Wildman–Crippen MR) is 59.3 cm³/mol. The van der Waals surface area contributed by atoms with Crippen LogP contribution in [0.5, 0.6) is 0 Å². The first-order valence-corrected chi connectivity index (χ1v) is 4.37. The Balaban J connectivity index is 0.00000256. The predicted octanol–water partition coefficient (Wildman–Crippen LogP) is 1.64. The lowest BCUT2D eigenvalue weighted by atomic mass is 10.0. The van der Waals surface area contributed by atoms with Gasteiger partial charge in [-0.15, -0.1) is 12.4 Å². The molecule has 17 heavy (non-hydrogen) atoms. The molecule has 0 saturated heterocycles. The van der Waals surface area contributed by atoms with Crippen LogP contribution in [0.4, 0.5) is 14.5 Å². The maximum absolute atomic E-state index is 13.0. The lowest BCUT2D eigenvalue weighted by molar-refractivity contribution is -0.384. The van der Waals surface area contributed by atoms with Gasteiger partial charge < -0.3 is 10.8 Å². The van der Waals surface area contributed by atoms with E-state index in [1.54, 1.807) is 0 Å². The van der Waals surface area contributed by atoms with Gasteiger partial charge in [0.05, 0.1) is 11.0 Å². The molecular weight excluding hydrogens is 258 g/mol. The smallest absolute Gasteiger partial charge is 0.289 e. The van der Waals surface area contributed by atoms with Crippen LogP contribution < -0.4 is 5.73 Å². The molecule has 1 aromatic carbocycles. The van der Waals surface area contributed by atoms with Crippen LogP contribution in [0.15, 0.2) is 24.3 Å². The van der Waals surface area contributed by atoms with Crippen LogP contribution in [0.1, 0.15) is 11.6 Å². The highest BCUT2D eigenvalue weighted by molar-refractivity contribution is 5.85. The first kappa shape index (κ1) is 15.7. The Kier molecular flexibility index (Phi) is 5.40. The lowest BCUT2D eigenvalue weighted by Gasteiger charge is -2.21. The van der Waals surface area contributed by atoms with Crippen molar-refractivity contribution in [3.05, 3.63) is 39.9 Å². The molecule has 0 saturated carbocycles. The largest absolute Gasteiger partial charge is 0.390 e. The molecule has 1 aromatic rings. The third-order valence-corrected chi connectivity index (χ3v) is 2.13. The molecule has 3 N–H and O–H groups in total. The fourth-order valence-corrected chi connectivity index (χ4v) is 1.15. The summed E-state index contributed by atoms with van der Waals surface area (Å²) in [6.45, 7) is -1.37. The summed E-state index contributed by atoms with van der Waals surface area (Å²) in [5.74, 6) is -3.45. The van der Waals surface area contributed by atoms with Gasteiger partial charge in [0.2, 0.25) is 0 Å². The molecule has 8 heteroatoms. The van der Waals surface area contributed by atoms with Gasteiger partial charge in [-0.2, -0.15) is 0 Å². The van der Waals surface area contributed by atoms with Crippen LogP contribution in [-0.2, 0) is 0 Å². The summed E-state index contributed by atoms with van der Waals surface area (Å²) in [7, 11) is 0. The summed E-state index contributed by atoms with van der Waals surface area (Å²) in [5.41, 5.74) is 5.06. The van der Waals surface area contributed by atoms with Crippen molar-refractivity contribution in [2.75, 3.05) is 6.61 Å². The number of nitrogens with zero attached hydrogens (tertiary/aromatic N) is 1. The van der Waals surface area contributed by atoms with Crippen molar-refractivity contribution in [1.82, 2.24) is 0 Å². The number of non-ortho nitro benzene ring substituents is 1. The number of aliphatic hydroxyl groups excluding tert-OH is 1. The molecule has 1 rings (SSSR count). The first-order chi connectivity index (χ1) is 7.38. The molecule has 0 radical (unpaired) electrons. The van der Waals surface area contributed by atoms with E-state index < -0.39 is 23.5 Å². The van der Waals surface area contributed by atoms with Crippen molar-refractivity contribution in [3.8, 4) is 0 Å². The van der Waals surface area contributed by atoms with E-state index in [2.05, 4.69) is 0 Å². The van der Waals surface area contributed by atoms with Crippen molar-refractivity contribution >= 4 is 18.1 Å². The van der Waals surface area contributed by atoms with Crippen LogP contribution in [0.2, 0.25) is 0 Å². The van der Waals surface area contributed by atoms with Gasteiger partial charge in [0.25, 0.3) is 11.6 Å². The van der Waals surface area contributed by atoms with E-state index in [1.165, 1.54) is 0 Å². The second-order valence-corrected chi connectivity index (χ2v) is 3.25. The molecule has 0 fully saturated rings. The van der Waals surface area contributed by atoms with Gasteiger partial charge in [-0.25, -0.2) is 8.78 Å². The maximum atomic E-state index is 13.0. The van der Waals surface area contributed by atoms with Crippen molar-refractivity contribution < 1.29 is 18.8 Å². The Morgan fingerprint density at radius 1 is 1.41 bits per heavy atom. The van der Waals surface area contributed by atoms with Crippen LogP contribution >= 0.6 is 12.4 Å². The third-order valence-electron chi connectivity index (χ3n) is 2.13. The minimum absolute atomic E-state index is 0. The van der Waals surface area contributed by atoms with E-state index >= 15 is 0 Å². The number of nitro benzene ring substituents is 1. The summed E-state index contributed by atoms with van der Waals surface area (Å²) in [6.07, 6.45) is 0. The number of rotatable bonds is 4. The molecule has 0 spiro atoms. The number of hydrogen-bond acceptors (Lipinski definition) is 4. The normalized spacial score (nSPS) is 12.7. The number of nitro groups is 1. The van der Waals surface area contributed by atoms with Crippen molar-refractivity contribution in [3.63, 3.8) is 0 Å². The van der Waals surface area contributed by atoms with E-state index in [0.29, 0.717) is 0 Å². The molecule has 0 aliphatic heterocycles. The number of benzene rings is 1. The molecule has 0 heterocycles. The summed E-state index contributed by atoms with van der Waals surface area (Å²) < 4.78 is 26.0. The quantitative estimate of drug-likeness (QED) is 0.642. The average molecular weight is 269 g/mol. The fraction of sp³-hybridized carbons (Fsp3) is 0.333. The van der Waals surface area contributed by atoms with Gasteiger partial charge in [-0.3, -0.25) is 10.1 Å². The summed E-state index contributed by atoms with van der Waals surface area (Å²) in [5, 5.41) is 18.8. The molecular formula is C9H11ClF2N2O3.